The third-order valence-corrected chi connectivity index (χ3v) is 5.73. The maximum atomic E-state index is 11.8. The predicted molar refractivity (Wildman–Crippen MR) is 82.7 cm³/mol. The van der Waals surface area contributed by atoms with Crippen LogP contribution in [-0.4, -0.2) is 40.7 Å². The van der Waals surface area contributed by atoms with Crippen molar-refractivity contribution in [2.45, 2.75) is 19.4 Å². The topological polar surface area (TPSA) is 64.6 Å². The van der Waals surface area contributed by atoms with Crippen molar-refractivity contribution in [2.75, 3.05) is 32.3 Å². The largest absolute Gasteiger partial charge is 0.497 e. The van der Waals surface area contributed by atoms with E-state index in [2.05, 4.69) is 5.32 Å². The van der Waals surface area contributed by atoms with Crippen LogP contribution in [0.25, 0.3) is 0 Å². The zero-order valence-electron chi connectivity index (χ0n) is 12.8. The van der Waals surface area contributed by atoms with Crippen LogP contribution in [0.3, 0.4) is 0 Å². The van der Waals surface area contributed by atoms with Gasteiger partial charge in [-0.15, -0.1) is 0 Å². The second kappa shape index (κ2) is 6.66. The molecule has 0 spiro atoms. The molecule has 1 aromatic carbocycles. The highest BCUT2D eigenvalue weighted by Gasteiger charge is 2.35. The van der Waals surface area contributed by atoms with Gasteiger partial charge in [0.1, 0.15) is 11.5 Å². The van der Waals surface area contributed by atoms with Crippen molar-refractivity contribution < 1.29 is 17.9 Å². The molecule has 0 radical (unpaired) electrons. The minimum atomic E-state index is -2.91. The molecule has 1 heterocycles. The van der Waals surface area contributed by atoms with Gasteiger partial charge in [0, 0.05) is 11.6 Å². The van der Waals surface area contributed by atoms with Crippen LogP contribution >= 0.6 is 0 Å². The van der Waals surface area contributed by atoms with Gasteiger partial charge in [0.15, 0.2) is 9.84 Å². The first-order valence-corrected chi connectivity index (χ1v) is 8.98. The van der Waals surface area contributed by atoms with Crippen LogP contribution in [0.5, 0.6) is 11.5 Å². The summed E-state index contributed by atoms with van der Waals surface area (Å²) in [7, 11) is 0.330. The van der Waals surface area contributed by atoms with Gasteiger partial charge in [-0.25, -0.2) is 8.42 Å². The number of rotatable bonds is 6. The van der Waals surface area contributed by atoms with Crippen LogP contribution in [-0.2, 0) is 9.84 Å². The SMILES string of the molecule is CCNC(c1cc(OC)ccc1OC)C1CCS(=O)(=O)C1. The highest BCUT2D eigenvalue weighted by molar-refractivity contribution is 7.91. The Balaban J connectivity index is 2.37. The van der Waals surface area contributed by atoms with Crippen molar-refractivity contribution in [3.8, 4) is 11.5 Å². The fourth-order valence-electron chi connectivity index (χ4n) is 2.92. The molecule has 1 aromatic rings. The Kier molecular flexibility index (Phi) is 5.11. The molecule has 0 saturated carbocycles. The zero-order valence-corrected chi connectivity index (χ0v) is 13.6. The molecule has 2 atom stereocenters. The smallest absolute Gasteiger partial charge is 0.150 e. The molecule has 5 nitrogen and oxygen atoms in total. The maximum absolute atomic E-state index is 11.8. The predicted octanol–water partition coefficient (Wildman–Crippen LogP) is 1.79. The summed E-state index contributed by atoms with van der Waals surface area (Å²) in [5, 5.41) is 3.40. The summed E-state index contributed by atoms with van der Waals surface area (Å²) >= 11 is 0. The highest BCUT2D eigenvalue weighted by atomic mass is 32.2. The van der Waals surface area contributed by atoms with Gasteiger partial charge in [-0.3, -0.25) is 0 Å². The van der Waals surface area contributed by atoms with Crippen molar-refractivity contribution in [2.24, 2.45) is 5.92 Å². The summed E-state index contributed by atoms with van der Waals surface area (Å²) in [5.41, 5.74) is 0.959. The number of nitrogens with one attached hydrogen (secondary N) is 1. The molecule has 0 bridgehead atoms. The fourth-order valence-corrected chi connectivity index (χ4v) is 4.76. The van der Waals surface area contributed by atoms with Gasteiger partial charge in [0.2, 0.25) is 0 Å². The van der Waals surface area contributed by atoms with Gasteiger partial charge in [-0.05, 0) is 37.1 Å². The van der Waals surface area contributed by atoms with E-state index >= 15 is 0 Å². The van der Waals surface area contributed by atoms with Crippen LogP contribution < -0.4 is 14.8 Å². The monoisotopic (exact) mass is 313 g/mol. The first kappa shape index (κ1) is 16.1. The number of hydrogen-bond acceptors (Lipinski definition) is 5. The molecule has 0 aromatic heterocycles. The summed E-state index contributed by atoms with van der Waals surface area (Å²) < 4.78 is 34.3. The molecule has 1 saturated heterocycles. The lowest BCUT2D eigenvalue weighted by atomic mass is 9.91. The van der Waals surface area contributed by atoms with E-state index in [0.717, 1.165) is 23.6 Å². The molecule has 21 heavy (non-hydrogen) atoms. The Hall–Kier alpha value is -1.27. The number of ether oxygens (including phenoxy) is 2. The second-order valence-corrected chi connectivity index (χ2v) is 7.54. The van der Waals surface area contributed by atoms with Gasteiger partial charge in [0.05, 0.1) is 25.7 Å². The van der Waals surface area contributed by atoms with E-state index in [0.29, 0.717) is 6.42 Å². The first-order valence-electron chi connectivity index (χ1n) is 7.16. The lowest BCUT2D eigenvalue weighted by molar-refractivity contribution is 0.359. The van der Waals surface area contributed by atoms with Gasteiger partial charge < -0.3 is 14.8 Å². The van der Waals surface area contributed by atoms with E-state index in [1.807, 2.05) is 25.1 Å². The Morgan fingerprint density at radius 3 is 2.62 bits per heavy atom. The summed E-state index contributed by atoms with van der Waals surface area (Å²) in [6, 6.07) is 5.59. The van der Waals surface area contributed by atoms with Crippen LogP contribution in [0.2, 0.25) is 0 Å². The average Bonchev–Trinajstić information content (AvgIpc) is 2.84. The van der Waals surface area contributed by atoms with Crippen molar-refractivity contribution in [3.63, 3.8) is 0 Å². The molecule has 6 heteroatoms. The van der Waals surface area contributed by atoms with E-state index in [1.54, 1.807) is 14.2 Å². The average molecular weight is 313 g/mol. The summed E-state index contributed by atoms with van der Waals surface area (Å²) in [5.74, 6) is 2.06. The van der Waals surface area contributed by atoms with E-state index in [9.17, 15) is 8.42 Å². The van der Waals surface area contributed by atoms with Crippen LogP contribution in [0.15, 0.2) is 18.2 Å². The molecule has 1 N–H and O–H groups in total. The van der Waals surface area contributed by atoms with Crippen molar-refractivity contribution in [1.29, 1.82) is 0 Å². The number of hydrogen-bond donors (Lipinski definition) is 1. The lowest BCUT2D eigenvalue weighted by Gasteiger charge is -2.26. The van der Waals surface area contributed by atoms with Crippen LogP contribution in [0.4, 0.5) is 0 Å². The van der Waals surface area contributed by atoms with Crippen molar-refractivity contribution >= 4 is 9.84 Å². The molecule has 0 aliphatic carbocycles. The Bertz CT molecular complexity index is 585. The summed E-state index contributed by atoms with van der Waals surface area (Å²) in [4.78, 5) is 0. The Labute approximate surface area is 126 Å². The van der Waals surface area contributed by atoms with Crippen LogP contribution in [0, 0.1) is 5.92 Å². The Morgan fingerprint density at radius 2 is 2.10 bits per heavy atom. The van der Waals surface area contributed by atoms with Gasteiger partial charge in [-0.2, -0.15) is 0 Å². The summed E-state index contributed by atoms with van der Waals surface area (Å²) in [6.45, 7) is 2.78. The zero-order chi connectivity index (χ0) is 15.5. The van der Waals surface area contributed by atoms with E-state index in [4.69, 9.17) is 9.47 Å². The van der Waals surface area contributed by atoms with Crippen molar-refractivity contribution in [3.05, 3.63) is 23.8 Å². The highest BCUT2D eigenvalue weighted by Crippen LogP contribution is 2.37. The quantitative estimate of drug-likeness (QED) is 0.867. The van der Waals surface area contributed by atoms with E-state index in [1.165, 1.54) is 0 Å². The van der Waals surface area contributed by atoms with E-state index in [-0.39, 0.29) is 23.5 Å². The summed E-state index contributed by atoms with van der Waals surface area (Å²) in [6.07, 6.45) is 0.681. The van der Waals surface area contributed by atoms with Gasteiger partial charge in [-0.1, -0.05) is 6.92 Å². The van der Waals surface area contributed by atoms with Crippen molar-refractivity contribution in [1.82, 2.24) is 5.32 Å². The molecule has 2 rings (SSSR count). The minimum absolute atomic E-state index is 0.0441. The van der Waals surface area contributed by atoms with Gasteiger partial charge in [0.25, 0.3) is 0 Å². The number of methoxy groups -OCH3 is 2. The third-order valence-electron chi connectivity index (χ3n) is 3.94. The van der Waals surface area contributed by atoms with E-state index < -0.39 is 9.84 Å². The molecular weight excluding hydrogens is 290 g/mol. The standard InChI is InChI=1S/C15H23NO4S/c1-4-16-15(11-7-8-21(17,18)10-11)13-9-12(19-2)5-6-14(13)20-3/h5-6,9,11,15-16H,4,7-8,10H2,1-3H3. The molecule has 2 unspecified atom stereocenters. The normalized spacial score (nSPS) is 22.0. The molecule has 118 valence electrons. The Morgan fingerprint density at radius 1 is 1.33 bits per heavy atom. The number of benzene rings is 1. The third kappa shape index (κ3) is 3.68. The minimum Gasteiger partial charge on any atom is -0.497 e. The fraction of sp³-hybridized carbons (Fsp3) is 0.600. The first-order chi connectivity index (χ1) is 10.0. The van der Waals surface area contributed by atoms with Crippen LogP contribution in [0.1, 0.15) is 24.9 Å². The second-order valence-electron chi connectivity index (χ2n) is 5.31. The molecular formula is C15H23NO4S. The van der Waals surface area contributed by atoms with Gasteiger partial charge >= 0.3 is 0 Å². The lowest BCUT2D eigenvalue weighted by Crippen LogP contribution is -2.29. The maximum Gasteiger partial charge on any atom is 0.150 e. The molecule has 1 aliphatic heterocycles. The number of sulfone groups is 1. The molecule has 0 amide bonds. The molecule has 1 aliphatic rings. The molecule has 1 fully saturated rings.